The van der Waals surface area contributed by atoms with Crippen molar-refractivity contribution in [2.75, 3.05) is 0 Å². The van der Waals surface area contributed by atoms with Crippen molar-refractivity contribution in [2.24, 2.45) is 16.7 Å². The van der Waals surface area contributed by atoms with Crippen LogP contribution in [0, 0.1) is 16.7 Å². The second-order valence-electron chi connectivity index (χ2n) is 7.20. The van der Waals surface area contributed by atoms with E-state index in [2.05, 4.69) is 48.1 Å². The van der Waals surface area contributed by atoms with Gasteiger partial charge in [-0.2, -0.15) is 0 Å². The fourth-order valence-corrected chi connectivity index (χ4v) is 1.95. The maximum atomic E-state index is 11.0. The summed E-state index contributed by atoms with van der Waals surface area (Å²) in [7, 11) is 0. The van der Waals surface area contributed by atoms with Gasteiger partial charge in [-0.1, -0.05) is 59.8 Å². The Morgan fingerprint density at radius 1 is 1.12 bits per heavy atom. The molecule has 0 radical (unpaired) electrons. The smallest absolute Gasteiger partial charge is 0.152 e. The molecule has 1 heteroatoms. The standard InChI is InChI=1S/C16H28O/c1-12(9-10-13(2)17)14(16(6,7)8)11-15(3,4)5/h9-10,14H,1,11H2,2-8H3/b10-9-. The van der Waals surface area contributed by atoms with Crippen LogP contribution in [0.15, 0.2) is 24.3 Å². The normalized spacial score (nSPS) is 15.0. The van der Waals surface area contributed by atoms with E-state index in [0.29, 0.717) is 5.92 Å². The quantitative estimate of drug-likeness (QED) is 0.507. The van der Waals surface area contributed by atoms with Crippen LogP contribution in [0.2, 0.25) is 0 Å². The van der Waals surface area contributed by atoms with Crippen LogP contribution in [-0.4, -0.2) is 5.78 Å². The van der Waals surface area contributed by atoms with Gasteiger partial charge < -0.3 is 0 Å². The number of rotatable bonds is 4. The lowest BCUT2D eigenvalue weighted by atomic mass is 9.69. The van der Waals surface area contributed by atoms with E-state index in [1.165, 1.54) is 0 Å². The summed E-state index contributed by atoms with van der Waals surface area (Å²) in [5, 5.41) is 0. The van der Waals surface area contributed by atoms with Crippen molar-refractivity contribution in [3.8, 4) is 0 Å². The summed E-state index contributed by atoms with van der Waals surface area (Å²) < 4.78 is 0. The SMILES string of the molecule is C=C(/C=C\C(C)=O)C(CC(C)(C)C)C(C)(C)C. The second kappa shape index (κ2) is 5.66. The van der Waals surface area contributed by atoms with Crippen LogP contribution in [0.25, 0.3) is 0 Å². The summed E-state index contributed by atoms with van der Waals surface area (Å²) in [5.41, 5.74) is 1.50. The topological polar surface area (TPSA) is 17.1 Å². The van der Waals surface area contributed by atoms with Gasteiger partial charge in [-0.15, -0.1) is 0 Å². The first-order chi connectivity index (χ1) is 7.43. The largest absolute Gasteiger partial charge is 0.295 e. The average Bonchev–Trinajstić information content (AvgIpc) is 2.07. The molecule has 0 heterocycles. The van der Waals surface area contributed by atoms with Gasteiger partial charge in [-0.3, -0.25) is 4.79 Å². The molecule has 0 aromatic heterocycles. The van der Waals surface area contributed by atoms with Crippen molar-refractivity contribution < 1.29 is 4.79 Å². The Balaban J connectivity index is 4.95. The second-order valence-corrected chi connectivity index (χ2v) is 7.20. The third-order valence-corrected chi connectivity index (χ3v) is 2.84. The molecule has 1 atom stereocenters. The minimum absolute atomic E-state index is 0.0783. The van der Waals surface area contributed by atoms with Crippen LogP contribution in [0.5, 0.6) is 0 Å². The number of allylic oxidation sites excluding steroid dienone is 3. The predicted molar refractivity (Wildman–Crippen MR) is 76.0 cm³/mol. The summed E-state index contributed by atoms with van der Waals surface area (Å²) in [4.78, 5) is 11.0. The van der Waals surface area contributed by atoms with E-state index in [1.54, 1.807) is 13.0 Å². The highest BCUT2D eigenvalue weighted by Crippen LogP contribution is 2.40. The molecule has 17 heavy (non-hydrogen) atoms. The number of hydrogen-bond donors (Lipinski definition) is 0. The van der Waals surface area contributed by atoms with Crippen molar-refractivity contribution in [3.63, 3.8) is 0 Å². The zero-order valence-electron chi connectivity index (χ0n) is 12.6. The predicted octanol–water partition coefficient (Wildman–Crippen LogP) is 4.79. The molecule has 0 saturated carbocycles. The molecule has 1 unspecified atom stereocenters. The highest BCUT2D eigenvalue weighted by molar-refractivity contribution is 5.87. The number of hydrogen-bond acceptors (Lipinski definition) is 1. The molecule has 0 amide bonds. The van der Waals surface area contributed by atoms with Crippen molar-refractivity contribution in [1.82, 2.24) is 0 Å². The summed E-state index contributed by atoms with van der Waals surface area (Å²) >= 11 is 0. The Bertz CT molecular complexity index is 307. The van der Waals surface area contributed by atoms with Gasteiger partial charge in [-0.05, 0) is 36.2 Å². The molecule has 0 rings (SSSR count). The zero-order valence-corrected chi connectivity index (χ0v) is 12.6. The maximum absolute atomic E-state index is 11.0. The minimum Gasteiger partial charge on any atom is -0.295 e. The lowest BCUT2D eigenvalue weighted by molar-refractivity contribution is -0.112. The third-order valence-electron chi connectivity index (χ3n) is 2.84. The zero-order chi connectivity index (χ0) is 13.9. The molecule has 0 aliphatic carbocycles. The van der Waals surface area contributed by atoms with Gasteiger partial charge >= 0.3 is 0 Å². The van der Waals surface area contributed by atoms with Gasteiger partial charge in [0.25, 0.3) is 0 Å². The Hall–Kier alpha value is -0.850. The molecule has 0 saturated heterocycles. The third kappa shape index (κ3) is 7.14. The van der Waals surface area contributed by atoms with E-state index in [0.717, 1.165) is 12.0 Å². The van der Waals surface area contributed by atoms with E-state index in [1.807, 2.05) is 6.08 Å². The summed E-state index contributed by atoms with van der Waals surface area (Å²) in [5.74, 6) is 0.479. The van der Waals surface area contributed by atoms with E-state index < -0.39 is 0 Å². The fourth-order valence-electron chi connectivity index (χ4n) is 1.95. The van der Waals surface area contributed by atoms with Crippen LogP contribution in [-0.2, 0) is 4.79 Å². The molecular formula is C16H28O. The van der Waals surface area contributed by atoms with Gasteiger partial charge in [0.15, 0.2) is 5.78 Å². The summed E-state index contributed by atoms with van der Waals surface area (Å²) in [6, 6.07) is 0. The van der Waals surface area contributed by atoms with Crippen molar-refractivity contribution >= 4 is 5.78 Å². The first kappa shape index (κ1) is 16.1. The van der Waals surface area contributed by atoms with Crippen molar-refractivity contribution in [1.29, 1.82) is 0 Å². The van der Waals surface area contributed by atoms with E-state index in [-0.39, 0.29) is 16.6 Å². The maximum Gasteiger partial charge on any atom is 0.152 e. The van der Waals surface area contributed by atoms with Crippen LogP contribution in [0.4, 0.5) is 0 Å². The lowest BCUT2D eigenvalue weighted by Crippen LogP contribution is -2.26. The molecular weight excluding hydrogens is 208 g/mol. The summed E-state index contributed by atoms with van der Waals surface area (Å²) in [6.45, 7) is 19.1. The van der Waals surface area contributed by atoms with E-state index >= 15 is 0 Å². The number of ketones is 1. The molecule has 1 nitrogen and oxygen atoms in total. The molecule has 0 fully saturated rings. The average molecular weight is 236 g/mol. The molecule has 0 aliphatic heterocycles. The van der Waals surface area contributed by atoms with Gasteiger partial charge in [0, 0.05) is 0 Å². The first-order valence-electron chi connectivity index (χ1n) is 6.31. The van der Waals surface area contributed by atoms with Crippen LogP contribution in [0.3, 0.4) is 0 Å². The lowest BCUT2D eigenvalue weighted by Gasteiger charge is -2.36. The summed E-state index contributed by atoms with van der Waals surface area (Å²) in [6.07, 6.45) is 4.57. The molecule has 0 bridgehead atoms. The highest BCUT2D eigenvalue weighted by Gasteiger charge is 2.30. The molecule has 0 spiro atoms. The monoisotopic (exact) mass is 236 g/mol. The van der Waals surface area contributed by atoms with E-state index in [9.17, 15) is 4.79 Å². The van der Waals surface area contributed by atoms with Gasteiger partial charge in [0.05, 0.1) is 0 Å². The fraction of sp³-hybridized carbons (Fsp3) is 0.688. The highest BCUT2D eigenvalue weighted by atomic mass is 16.1. The molecule has 0 aliphatic rings. The first-order valence-corrected chi connectivity index (χ1v) is 6.31. The Morgan fingerprint density at radius 3 is 1.88 bits per heavy atom. The van der Waals surface area contributed by atoms with Crippen molar-refractivity contribution in [3.05, 3.63) is 24.3 Å². The Morgan fingerprint density at radius 2 is 1.59 bits per heavy atom. The van der Waals surface area contributed by atoms with Crippen LogP contribution < -0.4 is 0 Å². The molecule has 0 aromatic carbocycles. The Labute approximate surface area is 107 Å². The van der Waals surface area contributed by atoms with Gasteiger partial charge in [-0.25, -0.2) is 0 Å². The Kier molecular flexibility index (Phi) is 5.38. The minimum atomic E-state index is 0.0783. The molecule has 0 N–H and O–H groups in total. The van der Waals surface area contributed by atoms with Crippen molar-refractivity contribution in [2.45, 2.75) is 54.9 Å². The van der Waals surface area contributed by atoms with Crippen LogP contribution in [0.1, 0.15) is 54.9 Å². The van der Waals surface area contributed by atoms with Crippen LogP contribution >= 0.6 is 0 Å². The number of carbonyl (C=O) groups is 1. The van der Waals surface area contributed by atoms with Gasteiger partial charge in [0.1, 0.15) is 0 Å². The number of carbonyl (C=O) groups excluding carboxylic acids is 1. The van der Waals surface area contributed by atoms with E-state index in [4.69, 9.17) is 0 Å². The molecule has 0 aromatic rings. The molecule has 98 valence electrons. The van der Waals surface area contributed by atoms with Gasteiger partial charge in [0.2, 0.25) is 0 Å².